The molecular formula is C14H16O2. The van der Waals surface area contributed by atoms with Crippen molar-refractivity contribution in [2.24, 2.45) is 5.92 Å². The molecule has 3 rings (SSSR count). The van der Waals surface area contributed by atoms with Gasteiger partial charge in [0.25, 0.3) is 0 Å². The van der Waals surface area contributed by atoms with Gasteiger partial charge in [-0.2, -0.15) is 0 Å². The van der Waals surface area contributed by atoms with Crippen LogP contribution in [0.4, 0.5) is 0 Å². The maximum Gasteiger partial charge on any atom is 0.143 e. The Kier molecular flexibility index (Phi) is 2.23. The van der Waals surface area contributed by atoms with Crippen LogP contribution in [-0.2, 0) is 11.2 Å². The van der Waals surface area contributed by atoms with Gasteiger partial charge in [-0.1, -0.05) is 12.5 Å². The summed E-state index contributed by atoms with van der Waals surface area (Å²) in [6, 6.07) is 6.19. The highest BCUT2D eigenvalue weighted by atomic mass is 16.5. The van der Waals surface area contributed by atoms with Crippen LogP contribution < -0.4 is 4.74 Å². The second kappa shape index (κ2) is 3.62. The molecule has 1 aromatic carbocycles. The molecule has 0 amide bonds. The van der Waals surface area contributed by atoms with Crippen LogP contribution in [0.3, 0.4) is 0 Å². The first-order valence-corrected chi connectivity index (χ1v) is 6.00. The quantitative estimate of drug-likeness (QED) is 0.721. The zero-order valence-electron chi connectivity index (χ0n) is 9.53. The monoisotopic (exact) mass is 216 g/mol. The van der Waals surface area contributed by atoms with E-state index in [1.807, 2.05) is 6.07 Å². The van der Waals surface area contributed by atoms with E-state index in [0.717, 1.165) is 25.0 Å². The average molecular weight is 216 g/mol. The maximum absolute atomic E-state index is 12.1. The molecule has 0 N–H and O–H groups in total. The molecular weight excluding hydrogens is 200 g/mol. The van der Waals surface area contributed by atoms with Crippen LogP contribution in [0.15, 0.2) is 18.2 Å². The molecule has 2 atom stereocenters. The molecule has 0 saturated heterocycles. The van der Waals surface area contributed by atoms with Crippen LogP contribution in [-0.4, -0.2) is 12.9 Å². The average Bonchev–Trinajstić information content (AvgIpc) is 2.29. The van der Waals surface area contributed by atoms with Crippen LogP contribution in [0.25, 0.3) is 0 Å². The summed E-state index contributed by atoms with van der Waals surface area (Å²) in [4.78, 5) is 12.1. The first kappa shape index (κ1) is 9.88. The van der Waals surface area contributed by atoms with E-state index < -0.39 is 0 Å². The number of carbonyl (C=O) groups is 1. The number of ether oxygens (including phenoxy) is 1. The van der Waals surface area contributed by atoms with E-state index >= 15 is 0 Å². The highest BCUT2D eigenvalue weighted by Gasteiger charge is 2.37. The number of carbonyl (C=O) groups excluding carboxylic acids is 1. The van der Waals surface area contributed by atoms with Crippen molar-refractivity contribution in [1.29, 1.82) is 0 Å². The molecule has 84 valence electrons. The Morgan fingerprint density at radius 2 is 2.19 bits per heavy atom. The van der Waals surface area contributed by atoms with E-state index in [1.54, 1.807) is 7.11 Å². The number of methoxy groups -OCH3 is 1. The first-order chi connectivity index (χ1) is 7.79. The molecule has 2 unspecified atom stereocenters. The lowest BCUT2D eigenvalue weighted by Gasteiger charge is -2.34. The van der Waals surface area contributed by atoms with Gasteiger partial charge in [0.2, 0.25) is 0 Å². The van der Waals surface area contributed by atoms with Gasteiger partial charge in [0.05, 0.1) is 7.11 Å². The lowest BCUT2D eigenvalue weighted by Crippen LogP contribution is -2.33. The summed E-state index contributed by atoms with van der Waals surface area (Å²) in [7, 11) is 1.68. The summed E-state index contributed by atoms with van der Waals surface area (Å²) >= 11 is 0. The van der Waals surface area contributed by atoms with Crippen LogP contribution in [0.2, 0.25) is 0 Å². The van der Waals surface area contributed by atoms with E-state index in [4.69, 9.17) is 4.74 Å². The van der Waals surface area contributed by atoms with E-state index in [9.17, 15) is 4.79 Å². The summed E-state index contributed by atoms with van der Waals surface area (Å²) in [5.74, 6) is 1.78. The third-order valence-electron chi connectivity index (χ3n) is 3.99. The van der Waals surface area contributed by atoms with Crippen LogP contribution in [0.1, 0.15) is 36.3 Å². The fourth-order valence-corrected chi connectivity index (χ4v) is 3.12. The van der Waals surface area contributed by atoms with Gasteiger partial charge in [-0.3, -0.25) is 4.79 Å². The van der Waals surface area contributed by atoms with Crippen molar-refractivity contribution in [1.82, 2.24) is 0 Å². The van der Waals surface area contributed by atoms with E-state index in [-0.39, 0.29) is 5.92 Å². The molecule has 1 saturated carbocycles. The summed E-state index contributed by atoms with van der Waals surface area (Å²) < 4.78 is 5.24. The molecule has 2 aliphatic carbocycles. The van der Waals surface area contributed by atoms with Crippen LogP contribution in [0, 0.1) is 5.92 Å². The van der Waals surface area contributed by atoms with E-state index in [0.29, 0.717) is 11.7 Å². The summed E-state index contributed by atoms with van der Waals surface area (Å²) in [5, 5.41) is 0. The Labute approximate surface area is 95.6 Å². The van der Waals surface area contributed by atoms with E-state index in [2.05, 4.69) is 12.1 Å². The van der Waals surface area contributed by atoms with Crippen molar-refractivity contribution in [3.63, 3.8) is 0 Å². The Balaban J connectivity index is 2.08. The molecule has 1 aromatic rings. The summed E-state index contributed by atoms with van der Waals surface area (Å²) in [6.45, 7) is 0. The van der Waals surface area contributed by atoms with Crippen LogP contribution >= 0.6 is 0 Å². The Morgan fingerprint density at radius 3 is 3.00 bits per heavy atom. The second-order valence-electron chi connectivity index (χ2n) is 4.85. The van der Waals surface area contributed by atoms with Gasteiger partial charge < -0.3 is 4.74 Å². The molecule has 0 aliphatic heterocycles. The number of Topliss-reactive ketones (excluding diaryl/α,β-unsaturated/α-hetero) is 1. The normalized spacial score (nSPS) is 27.4. The van der Waals surface area contributed by atoms with Gasteiger partial charge in [-0.15, -0.1) is 0 Å². The van der Waals surface area contributed by atoms with Gasteiger partial charge in [0.15, 0.2) is 0 Å². The molecule has 1 fully saturated rings. The standard InChI is InChI=1S/C14H16O2/c1-16-11-6-5-9-7-10-3-2-4-12(14(10)15)13(9)8-11/h5-6,8,10,12H,2-4,7H2,1H3. The molecule has 2 heteroatoms. The van der Waals surface area contributed by atoms with Gasteiger partial charge in [-0.25, -0.2) is 0 Å². The number of hydrogen-bond donors (Lipinski definition) is 0. The predicted octanol–water partition coefficient (Wildman–Crippen LogP) is 2.70. The SMILES string of the molecule is COc1ccc2c(c1)C1CCCC(C2)C1=O. The minimum atomic E-state index is 0.151. The first-order valence-electron chi connectivity index (χ1n) is 6.00. The largest absolute Gasteiger partial charge is 0.497 e. The predicted molar refractivity (Wildman–Crippen MR) is 61.8 cm³/mol. The summed E-state index contributed by atoms with van der Waals surface area (Å²) in [6.07, 6.45) is 4.24. The third kappa shape index (κ3) is 1.36. The topological polar surface area (TPSA) is 26.3 Å². The molecule has 2 nitrogen and oxygen atoms in total. The maximum atomic E-state index is 12.1. The fourth-order valence-electron chi connectivity index (χ4n) is 3.12. The third-order valence-corrected chi connectivity index (χ3v) is 3.99. The summed E-state index contributed by atoms with van der Waals surface area (Å²) in [5.41, 5.74) is 2.58. The van der Waals surface area contributed by atoms with Crippen molar-refractivity contribution >= 4 is 5.78 Å². The van der Waals surface area contributed by atoms with Crippen molar-refractivity contribution in [3.05, 3.63) is 29.3 Å². The molecule has 2 aliphatic rings. The molecule has 2 bridgehead atoms. The fraction of sp³-hybridized carbons (Fsp3) is 0.500. The zero-order chi connectivity index (χ0) is 11.1. The lowest BCUT2D eigenvalue weighted by atomic mass is 9.68. The molecule has 0 aromatic heterocycles. The van der Waals surface area contributed by atoms with Gasteiger partial charge >= 0.3 is 0 Å². The molecule has 0 heterocycles. The number of ketones is 1. The molecule has 0 spiro atoms. The number of fused-ring (bicyclic) bond motifs is 4. The number of rotatable bonds is 1. The molecule has 0 radical (unpaired) electrons. The van der Waals surface area contributed by atoms with E-state index in [1.165, 1.54) is 17.5 Å². The number of benzene rings is 1. The van der Waals surface area contributed by atoms with Crippen molar-refractivity contribution in [2.45, 2.75) is 31.6 Å². The van der Waals surface area contributed by atoms with Crippen molar-refractivity contribution in [3.8, 4) is 5.75 Å². The Morgan fingerprint density at radius 1 is 1.31 bits per heavy atom. The highest BCUT2D eigenvalue weighted by Crippen LogP contribution is 2.42. The molecule has 16 heavy (non-hydrogen) atoms. The Hall–Kier alpha value is -1.31. The van der Waals surface area contributed by atoms with Crippen molar-refractivity contribution < 1.29 is 9.53 Å². The van der Waals surface area contributed by atoms with Crippen LogP contribution in [0.5, 0.6) is 5.75 Å². The zero-order valence-corrected chi connectivity index (χ0v) is 9.53. The Bertz CT molecular complexity index is 436. The second-order valence-corrected chi connectivity index (χ2v) is 4.85. The van der Waals surface area contributed by atoms with Crippen molar-refractivity contribution in [2.75, 3.05) is 7.11 Å². The van der Waals surface area contributed by atoms with Gasteiger partial charge in [-0.05, 0) is 42.5 Å². The van der Waals surface area contributed by atoms with Gasteiger partial charge in [0, 0.05) is 11.8 Å². The minimum Gasteiger partial charge on any atom is -0.497 e. The highest BCUT2D eigenvalue weighted by molar-refractivity contribution is 5.91. The minimum absolute atomic E-state index is 0.151. The lowest BCUT2D eigenvalue weighted by molar-refractivity contribution is -0.126. The van der Waals surface area contributed by atoms with Gasteiger partial charge in [0.1, 0.15) is 11.5 Å². The smallest absolute Gasteiger partial charge is 0.143 e. The number of hydrogen-bond acceptors (Lipinski definition) is 2.